The third-order valence-electron chi connectivity index (χ3n) is 13.0. The quantitative estimate of drug-likeness (QED) is 0.0258. The summed E-state index contributed by atoms with van der Waals surface area (Å²) in [6.45, 7) is 4.06. The number of esters is 1. The Bertz CT molecular complexity index is 1140. The van der Waals surface area contributed by atoms with Gasteiger partial charge in [-0.1, -0.05) is 245 Å². The van der Waals surface area contributed by atoms with Crippen molar-refractivity contribution in [2.75, 3.05) is 26.4 Å². The Kier molecular flexibility index (Phi) is 42.4. The SMILES string of the molecule is CCCCCCCCCCCCCCCCCCCCCCCCCOCC(COC1OC(CO)C(O)C(OS(=O)(=O)O)C1O)OC(=O)CCCCCCCCCCCCCCCCC. The summed E-state index contributed by atoms with van der Waals surface area (Å²) in [5.74, 6) is -0.391. The normalized spacial score (nSPS) is 19.5. The maximum atomic E-state index is 12.9. The van der Waals surface area contributed by atoms with Gasteiger partial charge in [0.15, 0.2) is 6.29 Å². The summed E-state index contributed by atoms with van der Waals surface area (Å²) in [5, 5.41) is 30.8. The Morgan fingerprint density at radius 1 is 0.523 bits per heavy atom. The lowest BCUT2D eigenvalue weighted by Crippen LogP contribution is -2.60. The van der Waals surface area contributed by atoms with Gasteiger partial charge >= 0.3 is 16.4 Å². The lowest BCUT2D eigenvalue weighted by molar-refractivity contribution is -0.301. The predicted molar refractivity (Wildman–Crippen MR) is 262 cm³/mol. The van der Waals surface area contributed by atoms with E-state index in [1.807, 2.05) is 0 Å². The number of ether oxygens (including phenoxy) is 4. The number of aliphatic hydroxyl groups is 3. The van der Waals surface area contributed by atoms with Gasteiger partial charge in [-0.3, -0.25) is 9.35 Å². The first-order valence-electron chi connectivity index (χ1n) is 27.3. The van der Waals surface area contributed by atoms with Crippen LogP contribution in [0, 0.1) is 0 Å². The van der Waals surface area contributed by atoms with Crippen LogP contribution in [0.15, 0.2) is 0 Å². The number of aliphatic hydroxyl groups excluding tert-OH is 3. The van der Waals surface area contributed by atoms with Gasteiger partial charge in [0.1, 0.15) is 30.5 Å². The second-order valence-electron chi connectivity index (χ2n) is 19.2. The van der Waals surface area contributed by atoms with Gasteiger partial charge in [-0.15, -0.1) is 0 Å². The Hall–Kier alpha value is -0.900. The summed E-state index contributed by atoms with van der Waals surface area (Å²) in [7, 11) is -5.06. The fourth-order valence-corrected chi connectivity index (χ4v) is 9.36. The highest BCUT2D eigenvalue weighted by atomic mass is 32.3. The lowest BCUT2D eigenvalue weighted by atomic mass is 9.99. The Morgan fingerprint density at radius 3 is 1.23 bits per heavy atom. The molecule has 0 aromatic heterocycles. The summed E-state index contributed by atoms with van der Waals surface area (Å²) < 4.78 is 59.3. The second-order valence-corrected chi connectivity index (χ2v) is 20.2. The van der Waals surface area contributed by atoms with E-state index >= 15 is 0 Å². The van der Waals surface area contributed by atoms with Gasteiger partial charge in [0.25, 0.3) is 0 Å². The van der Waals surface area contributed by atoms with Crippen molar-refractivity contribution in [3.8, 4) is 0 Å². The molecule has 6 unspecified atom stereocenters. The average Bonchev–Trinajstić information content (AvgIpc) is 3.28. The molecule has 0 spiro atoms. The molecule has 388 valence electrons. The van der Waals surface area contributed by atoms with Crippen molar-refractivity contribution in [1.29, 1.82) is 0 Å². The van der Waals surface area contributed by atoms with Crippen LogP contribution >= 0.6 is 0 Å². The Labute approximate surface area is 398 Å². The molecule has 6 atom stereocenters. The molecule has 1 fully saturated rings. The van der Waals surface area contributed by atoms with Gasteiger partial charge in [-0.05, 0) is 12.8 Å². The van der Waals surface area contributed by atoms with E-state index in [1.165, 1.54) is 199 Å². The zero-order valence-corrected chi connectivity index (χ0v) is 42.6. The van der Waals surface area contributed by atoms with Crippen molar-refractivity contribution in [2.45, 2.75) is 301 Å². The third kappa shape index (κ3) is 37.6. The first-order valence-corrected chi connectivity index (χ1v) is 28.7. The first-order chi connectivity index (χ1) is 31.6. The monoisotopic (exact) mass is 951 g/mol. The van der Waals surface area contributed by atoms with Gasteiger partial charge in [0, 0.05) is 13.0 Å². The molecule has 0 saturated carbocycles. The number of carbonyl (C=O) groups excluding carboxylic acids is 1. The Morgan fingerprint density at radius 2 is 0.877 bits per heavy atom. The highest BCUT2D eigenvalue weighted by Gasteiger charge is 2.48. The smallest absolute Gasteiger partial charge is 0.397 e. The molecule has 65 heavy (non-hydrogen) atoms. The van der Waals surface area contributed by atoms with Crippen molar-refractivity contribution < 1.29 is 56.2 Å². The molecule has 0 aromatic carbocycles. The fourth-order valence-electron chi connectivity index (χ4n) is 8.85. The standard InChI is InChI=1S/C52H102O12S/c1-3-5-7-9-11-13-15-17-19-20-21-22-23-24-25-26-28-30-32-34-36-38-40-42-60-44-46(45-61-52-50(56)51(64-65(57,58)59)49(55)47(43-53)63-52)62-48(54)41-39-37-35-33-31-29-27-18-16-14-12-10-8-6-4-2/h46-47,49-53,55-56H,3-45H2,1-2H3,(H,57,58,59). The molecule has 13 heteroatoms. The molecule has 0 radical (unpaired) electrons. The maximum absolute atomic E-state index is 12.9. The van der Waals surface area contributed by atoms with E-state index in [0.29, 0.717) is 13.0 Å². The van der Waals surface area contributed by atoms with Crippen LogP contribution in [0.2, 0.25) is 0 Å². The van der Waals surface area contributed by atoms with Gasteiger partial charge in [0.2, 0.25) is 0 Å². The third-order valence-corrected chi connectivity index (χ3v) is 13.4. The van der Waals surface area contributed by atoms with Crippen LogP contribution in [0.1, 0.15) is 264 Å². The van der Waals surface area contributed by atoms with Gasteiger partial charge in [-0.25, -0.2) is 4.18 Å². The molecule has 1 aliphatic rings. The van der Waals surface area contributed by atoms with Crippen LogP contribution in [-0.2, 0) is 38.3 Å². The van der Waals surface area contributed by atoms with Gasteiger partial charge in [-0.2, -0.15) is 8.42 Å². The van der Waals surface area contributed by atoms with E-state index in [9.17, 15) is 33.1 Å². The zero-order chi connectivity index (χ0) is 47.5. The minimum atomic E-state index is -5.06. The topological polar surface area (TPSA) is 178 Å². The summed E-state index contributed by atoms with van der Waals surface area (Å²) >= 11 is 0. The van der Waals surface area contributed by atoms with Crippen molar-refractivity contribution in [2.24, 2.45) is 0 Å². The molecule has 0 aromatic rings. The Balaban J connectivity index is 2.28. The van der Waals surface area contributed by atoms with Crippen molar-refractivity contribution in [1.82, 2.24) is 0 Å². The highest BCUT2D eigenvalue weighted by Crippen LogP contribution is 2.26. The largest absolute Gasteiger partial charge is 0.457 e. The molecule has 0 aliphatic carbocycles. The lowest BCUT2D eigenvalue weighted by Gasteiger charge is -2.41. The van der Waals surface area contributed by atoms with Crippen LogP contribution in [0.5, 0.6) is 0 Å². The molecule has 0 bridgehead atoms. The molecule has 12 nitrogen and oxygen atoms in total. The molecular weight excluding hydrogens is 849 g/mol. The van der Waals surface area contributed by atoms with Crippen LogP contribution in [0.3, 0.4) is 0 Å². The van der Waals surface area contributed by atoms with Crippen LogP contribution < -0.4 is 0 Å². The van der Waals surface area contributed by atoms with E-state index in [2.05, 4.69) is 18.0 Å². The molecular formula is C52H102O12S. The summed E-state index contributed by atoms with van der Waals surface area (Å²) in [6.07, 6.45) is 40.0. The first kappa shape index (κ1) is 62.1. The highest BCUT2D eigenvalue weighted by molar-refractivity contribution is 7.80. The number of hydrogen-bond acceptors (Lipinski definition) is 11. The molecule has 1 saturated heterocycles. The summed E-state index contributed by atoms with van der Waals surface area (Å²) in [4.78, 5) is 12.9. The number of rotatable bonds is 49. The van der Waals surface area contributed by atoms with E-state index < -0.39 is 59.8 Å². The van der Waals surface area contributed by atoms with Crippen molar-refractivity contribution in [3.63, 3.8) is 0 Å². The predicted octanol–water partition coefficient (Wildman–Crippen LogP) is 12.8. The van der Waals surface area contributed by atoms with E-state index in [-0.39, 0.29) is 19.6 Å². The van der Waals surface area contributed by atoms with E-state index in [1.54, 1.807) is 0 Å². The molecule has 0 amide bonds. The maximum Gasteiger partial charge on any atom is 0.397 e. The van der Waals surface area contributed by atoms with Crippen LogP contribution in [-0.4, -0.2) is 97.5 Å². The van der Waals surface area contributed by atoms with E-state index in [4.69, 9.17) is 18.9 Å². The minimum Gasteiger partial charge on any atom is -0.457 e. The second kappa shape index (κ2) is 44.3. The van der Waals surface area contributed by atoms with E-state index in [0.717, 1.165) is 38.5 Å². The minimum absolute atomic E-state index is 0.0454. The average molecular weight is 951 g/mol. The van der Waals surface area contributed by atoms with Crippen LogP contribution in [0.25, 0.3) is 0 Å². The number of carbonyl (C=O) groups is 1. The summed E-state index contributed by atoms with van der Waals surface area (Å²) in [6, 6.07) is 0. The van der Waals surface area contributed by atoms with Gasteiger partial charge in [0.05, 0.1) is 19.8 Å². The molecule has 4 N–H and O–H groups in total. The van der Waals surface area contributed by atoms with Gasteiger partial charge < -0.3 is 34.3 Å². The zero-order valence-electron chi connectivity index (χ0n) is 41.8. The number of hydrogen-bond donors (Lipinski definition) is 4. The fraction of sp³-hybridized carbons (Fsp3) is 0.981. The van der Waals surface area contributed by atoms with Crippen molar-refractivity contribution >= 4 is 16.4 Å². The number of unbranched alkanes of at least 4 members (excludes halogenated alkanes) is 36. The van der Waals surface area contributed by atoms with Crippen molar-refractivity contribution in [3.05, 3.63) is 0 Å². The molecule has 1 aliphatic heterocycles. The summed E-state index contributed by atoms with van der Waals surface area (Å²) in [5.41, 5.74) is 0. The van der Waals surface area contributed by atoms with Crippen LogP contribution in [0.4, 0.5) is 0 Å². The molecule has 1 rings (SSSR count). The molecule has 1 heterocycles.